The summed E-state index contributed by atoms with van der Waals surface area (Å²) >= 11 is 0. The van der Waals surface area contributed by atoms with Gasteiger partial charge in [0.15, 0.2) is 11.5 Å². The number of ether oxygens (including phenoxy) is 1. The second kappa shape index (κ2) is 6.28. The molecule has 2 aromatic carbocycles. The Morgan fingerprint density at radius 1 is 1.20 bits per heavy atom. The first-order valence-electron chi connectivity index (χ1n) is 6.50. The maximum Gasteiger partial charge on any atom is 0.160 e. The summed E-state index contributed by atoms with van der Waals surface area (Å²) in [6, 6.07) is 11.8. The number of anilines is 1. The molecule has 0 heterocycles. The van der Waals surface area contributed by atoms with Crippen molar-refractivity contribution < 1.29 is 14.2 Å². The lowest BCUT2D eigenvalue weighted by atomic mass is 10.1. The number of halogens is 1. The first kappa shape index (κ1) is 14.2. The van der Waals surface area contributed by atoms with E-state index < -0.39 is 0 Å². The van der Waals surface area contributed by atoms with E-state index in [0.29, 0.717) is 12.3 Å². The predicted molar refractivity (Wildman–Crippen MR) is 77.8 cm³/mol. The quantitative estimate of drug-likeness (QED) is 0.905. The molecule has 3 nitrogen and oxygen atoms in total. The maximum absolute atomic E-state index is 13.3. The van der Waals surface area contributed by atoms with E-state index in [1.54, 1.807) is 18.2 Å². The zero-order valence-corrected chi connectivity index (χ0v) is 11.6. The number of benzene rings is 2. The number of hydrogen-bond acceptors (Lipinski definition) is 3. The van der Waals surface area contributed by atoms with Crippen LogP contribution in [0.4, 0.5) is 10.1 Å². The molecule has 20 heavy (non-hydrogen) atoms. The van der Waals surface area contributed by atoms with E-state index in [4.69, 9.17) is 4.74 Å². The first-order valence-corrected chi connectivity index (χ1v) is 6.50. The SMILES string of the molecule is CCN(Cc1ccc(O)c(OC)c1)c1cccc(F)c1. The summed E-state index contributed by atoms with van der Waals surface area (Å²) in [4.78, 5) is 2.05. The van der Waals surface area contributed by atoms with E-state index in [2.05, 4.69) is 4.90 Å². The van der Waals surface area contributed by atoms with Gasteiger partial charge in [-0.25, -0.2) is 4.39 Å². The Balaban J connectivity index is 2.22. The van der Waals surface area contributed by atoms with E-state index in [-0.39, 0.29) is 11.6 Å². The van der Waals surface area contributed by atoms with Crippen LogP contribution >= 0.6 is 0 Å². The number of aromatic hydroxyl groups is 1. The van der Waals surface area contributed by atoms with Crippen molar-refractivity contribution in [2.45, 2.75) is 13.5 Å². The zero-order chi connectivity index (χ0) is 14.5. The molecule has 0 spiro atoms. The number of nitrogens with zero attached hydrogens (tertiary/aromatic N) is 1. The Morgan fingerprint density at radius 3 is 2.65 bits per heavy atom. The van der Waals surface area contributed by atoms with Gasteiger partial charge in [0.2, 0.25) is 0 Å². The molecule has 0 aromatic heterocycles. The van der Waals surface area contributed by atoms with Crippen LogP contribution in [-0.2, 0) is 6.54 Å². The lowest BCUT2D eigenvalue weighted by Gasteiger charge is -2.23. The van der Waals surface area contributed by atoms with Crippen LogP contribution in [0.15, 0.2) is 42.5 Å². The Hall–Kier alpha value is -2.23. The lowest BCUT2D eigenvalue weighted by molar-refractivity contribution is 0.373. The summed E-state index contributed by atoms with van der Waals surface area (Å²) in [5.41, 5.74) is 1.82. The number of hydrogen-bond donors (Lipinski definition) is 1. The highest BCUT2D eigenvalue weighted by atomic mass is 19.1. The molecule has 0 aliphatic rings. The normalized spacial score (nSPS) is 10.3. The topological polar surface area (TPSA) is 32.7 Å². The average molecular weight is 275 g/mol. The smallest absolute Gasteiger partial charge is 0.160 e. The largest absolute Gasteiger partial charge is 0.504 e. The van der Waals surface area contributed by atoms with Crippen molar-refractivity contribution >= 4 is 5.69 Å². The fourth-order valence-corrected chi connectivity index (χ4v) is 2.10. The van der Waals surface area contributed by atoms with Crippen molar-refractivity contribution in [2.24, 2.45) is 0 Å². The highest BCUT2D eigenvalue weighted by Crippen LogP contribution is 2.27. The summed E-state index contributed by atoms with van der Waals surface area (Å²) < 4.78 is 18.4. The Labute approximate surface area is 118 Å². The fourth-order valence-electron chi connectivity index (χ4n) is 2.10. The fraction of sp³-hybridized carbons (Fsp3) is 0.250. The van der Waals surface area contributed by atoms with Gasteiger partial charge in [0, 0.05) is 18.8 Å². The molecule has 0 aliphatic carbocycles. The van der Waals surface area contributed by atoms with Gasteiger partial charge in [-0.15, -0.1) is 0 Å². The molecule has 2 aromatic rings. The Kier molecular flexibility index (Phi) is 4.45. The van der Waals surface area contributed by atoms with Crippen molar-refractivity contribution in [1.82, 2.24) is 0 Å². The van der Waals surface area contributed by atoms with Crippen molar-refractivity contribution in [3.63, 3.8) is 0 Å². The molecule has 0 aliphatic heterocycles. The van der Waals surface area contributed by atoms with Crippen LogP contribution in [0.1, 0.15) is 12.5 Å². The van der Waals surface area contributed by atoms with Gasteiger partial charge in [0.1, 0.15) is 5.82 Å². The highest BCUT2D eigenvalue weighted by Gasteiger charge is 2.08. The summed E-state index contributed by atoms with van der Waals surface area (Å²) in [5.74, 6) is 0.312. The predicted octanol–water partition coefficient (Wildman–Crippen LogP) is 3.57. The number of phenolic OH excluding ortho intramolecular Hbond substituents is 1. The molecule has 4 heteroatoms. The molecule has 106 valence electrons. The van der Waals surface area contributed by atoms with Crippen LogP contribution < -0.4 is 9.64 Å². The van der Waals surface area contributed by atoms with Crippen LogP contribution in [0, 0.1) is 5.82 Å². The summed E-state index contributed by atoms with van der Waals surface area (Å²) in [6.07, 6.45) is 0. The van der Waals surface area contributed by atoms with E-state index >= 15 is 0 Å². The monoisotopic (exact) mass is 275 g/mol. The van der Waals surface area contributed by atoms with Gasteiger partial charge >= 0.3 is 0 Å². The Morgan fingerprint density at radius 2 is 2.00 bits per heavy atom. The molecular weight excluding hydrogens is 257 g/mol. The van der Waals surface area contributed by atoms with Crippen LogP contribution in [0.25, 0.3) is 0 Å². The molecule has 0 saturated heterocycles. The van der Waals surface area contributed by atoms with Crippen molar-refractivity contribution in [1.29, 1.82) is 0 Å². The van der Waals surface area contributed by atoms with Crippen LogP contribution in [0.3, 0.4) is 0 Å². The van der Waals surface area contributed by atoms with Gasteiger partial charge in [-0.1, -0.05) is 12.1 Å². The molecule has 0 amide bonds. The molecule has 0 atom stereocenters. The number of rotatable bonds is 5. The third kappa shape index (κ3) is 3.20. The standard InChI is InChI=1S/C16H18FNO2/c1-3-18(14-6-4-5-13(17)10-14)11-12-7-8-15(19)16(9-12)20-2/h4-10,19H,3,11H2,1-2H3. The molecule has 0 bridgehead atoms. The van der Waals surface area contributed by atoms with Crippen molar-refractivity contribution in [3.8, 4) is 11.5 Å². The van der Waals surface area contributed by atoms with E-state index in [9.17, 15) is 9.50 Å². The average Bonchev–Trinajstić information content (AvgIpc) is 2.46. The highest BCUT2D eigenvalue weighted by molar-refractivity contribution is 5.48. The van der Waals surface area contributed by atoms with Crippen LogP contribution in [-0.4, -0.2) is 18.8 Å². The van der Waals surface area contributed by atoms with E-state index in [0.717, 1.165) is 17.8 Å². The van der Waals surface area contributed by atoms with Crippen LogP contribution in [0.5, 0.6) is 11.5 Å². The second-order valence-corrected chi connectivity index (χ2v) is 4.50. The molecule has 0 saturated carbocycles. The van der Waals surface area contributed by atoms with Crippen molar-refractivity contribution in [2.75, 3.05) is 18.6 Å². The van der Waals surface area contributed by atoms with E-state index in [1.165, 1.54) is 19.2 Å². The molecule has 0 radical (unpaired) electrons. The van der Waals surface area contributed by atoms with Crippen molar-refractivity contribution in [3.05, 3.63) is 53.8 Å². The molecule has 0 unspecified atom stereocenters. The summed E-state index contributed by atoms with van der Waals surface area (Å²) in [6.45, 7) is 3.39. The third-order valence-corrected chi connectivity index (χ3v) is 3.17. The molecule has 1 N–H and O–H groups in total. The van der Waals surface area contributed by atoms with Gasteiger partial charge < -0.3 is 14.7 Å². The minimum absolute atomic E-state index is 0.116. The van der Waals surface area contributed by atoms with Gasteiger partial charge in [0.05, 0.1) is 7.11 Å². The third-order valence-electron chi connectivity index (χ3n) is 3.17. The van der Waals surface area contributed by atoms with E-state index in [1.807, 2.05) is 19.1 Å². The summed E-state index contributed by atoms with van der Waals surface area (Å²) in [7, 11) is 1.52. The first-order chi connectivity index (χ1) is 9.63. The molecule has 2 rings (SSSR count). The minimum Gasteiger partial charge on any atom is -0.504 e. The van der Waals surface area contributed by atoms with Gasteiger partial charge in [0.25, 0.3) is 0 Å². The summed E-state index contributed by atoms with van der Waals surface area (Å²) in [5, 5.41) is 9.59. The Bertz CT molecular complexity index is 586. The van der Waals surface area contributed by atoms with Crippen LogP contribution in [0.2, 0.25) is 0 Å². The maximum atomic E-state index is 13.3. The zero-order valence-electron chi connectivity index (χ0n) is 11.6. The van der Waals surface area contributed by atoms with Gasteiger partial charge in [-0.05, 0) is 42.8 Å². The lowest BCUT2D eigenvalue weighted by Crippen LogP contribution is -2.22. The van der Waals surface area contributed by atoms with Gasteiger partial charge in [-0.2, -0.15) is 0 Å². The minimum atomic E-state index is -0.246. The molecular formula is C16H18FNO2. The number of methoxy groups -OCH3 is 1. The van der Waals surface area contributed by atoms with Gasteiger partial charge in [-0.3, -0.25) is 0 Å². The number of phenols is 1. The molecule has 0 fully saturated rings. The second-order valence-electron chi connectivity index (χ2n) is 4.50.